The maximum atomic E-state index is 13.2. The molecule has 8 nitrogen and oxygen atoms in total. The van der Waals surface area contributed by atoms with Crippen LogP contribution in [0.4, 0.5) is 5.82 Å². The molecule has 0 aliphatic carbocycles. The second-order valence-electron chi connectivity index (χ2n) is 8.53. The molecule has 1 N–H and O–H groups in total. The molecular weight excluding hydrogens is 366 g/mol. The number of likely N-dealkylation sites (tertiary alicyclic amines) is 1. The van der Waals surface area contributed by atoms with Crippen molar-refractivity contribution in [2.24, 2.45) is 0 Å². The van der Waals surface area contributed by atoms with Crippen molar-refractivity contribution in [3.63, 3.8) is 0 Å². The Bertz CT molecular complexity index is 856. The van der Waals surface area contributed by atoms with E-state index in [1.165, 1.54) is 5.56 Å². The van der Waals surface area contributed by atoms with Crippen LogP contribution in [-0.4, -0.2) is 82.2 Å². The van der Waals surface area contributed by atoms with Gasteiger partial charge >= 0.3 is 0 Å². The summed E-state index contributed by atoms with van der Waals surface area (Å²) in [6, 6.07) is 0.519. The molecule has 2 aromatic rings. The Hall–Kier alpha value is -2.48. The monoisotopic (exact) mass is 397 g/mol. The van der Waals surface area contributed by atoms with Crippen molar-refractivity contribution in [2.45, 2.75) is 45.1 Å². The zero-order valence-corrected chi connectivity index (χ0v) is 17.9. The molecule has 2 aromatic heterocycles. The van der Waals surface area contributed by atoms with Crippen LogP contribution >= 0.6 is 0 Å². The summed E-state index contributed by atoms with van der Waals surface area (Å²) in [5.74, 6) is 1.65. The van der Waals surface area contributed by atoms with E-state index >= 15 is 0 Å². The molecule has 1 atom stereocenters. The maximum absolute atomic E-state index is 13.2. The number of carbonyl (C=O) groups excluding carboxylic acids is 1. The molecule has 0 saturated carbocycles. The Labute approximate surface area is 172 Å². The molecular formula is C21H31N7O. The van der Waals surface area contributed by atoms with E-state index in [1.807, 2.05) is 24.2 Å². The zero-order chi connectivity index (χ0) is 20.5. The van der Waals surface area contributed by atoms with Crippen molar-refractivity contribution in [3.8, 4) is 0 Å². The molecule has 29 heavy (non-hydrogen) atoms. The van der Waals surface area contributed by atoms with Crippen molar-refractivity contribution in [3.05, 3.63) is 35.0 Å². The molecule has 2 aliphatic heterocycles. The predicted octanol–water partition coefficient (Wildman–Crippen LogP) is 1.98. The molecule has 156 valence electrons. The fraction of sp³-hybridized carbons (Fsp3) is 0.619. The second kappa shape index (κ2) is 8.10. The minimum atomic E-state index is -0.0525. The molecule has 0 spiro atoms. The molecule has 4 rings (SSSR count). The number of anilines is 1. The van der Waals surface area contributed by atoms with E-state index in [9.17, 15) is 4.79 Å². The Balaban J connectivity index is 1.48. The number of rotatable bonds is 4. The lowest BCUT2D eigenvalue weighted by atomic mass is 9.91. The molecule has 4 heterocycles. The highest BCUT2D eigenvalue weighted by atomic mass is 16.2. The zero-order valence-electron chi connectivity index (χ0n) is 17.9. The minimum Gasteiger partial charge on any atom is -0.355 e. The first-order valence-electron chi connectivity index (χ1n) is 10.5. The highest BCUT2D eigenvalue weighted by Crippen LogP contribution is 2.29. The Morgan fingerprint density at radius 3 is 2.52 bits per heavy atom. The van der Waals surface area contributed by atoms with E-state index in [2.05, 4.69) is 46.0 Å². The van der Waals surface area contributed by atoms with Crippen molar-refractivity contribution in [2.75, 3.05) is 45.2 Å². The fourth-order valence-corrected chi connectivity index (χ4v) is 4.41. The number of hydrogen-bond donors (Lipinski definition) is 1. The number of nitrogens with zero attached hydrogens (tertiary/aromatic N) is 6. The van der Waals surface area contributed by atoms with Crippen molar-refractivity contribution in [1.29, 1.82) is 0 Å². The van der Waals surface area contributed by atoms with Crippen LogP contribution in [0.25, 0.3) is 0 Å². The highest BCUT2D eigenvalue weighted by molar-refractivity contribution is 5.91. The van der Waals surface area contributed by atoms with Crippen LogP contribution in [0.2, 0.25) is 0 Å². The average Bonchev–Trinajstić information content (AvgIpc) is 3.42. The van der Waals surface area contributed by atoms with Crippen molar-refractivity contribution < 1.29 is 4.79 Å². The summed E-state index contributed by atoms with van der Waals surface area (Å²) in [5.41, 5.74) is 3.19. The lowest BCUT2D eigenvalue weighted by Crippen LogP contribution is -2.39. The van der Waals surface area contributed by atoms with E-state index in [0.29, 0.717) is 17.8 Å². The second-order valence-corrected chi connectivity index (χ2v) is 8.53. The summed E-state index contributed by atoms with van der Waals surface area (Å²) < 4.78 is 0. The first-order valence-corrected chi connectivity index (χ1v) is 10.5. The van der Waals surface area contributed by atoms with E-state index < -0.39 is 0 Å². The van der Waals surface area contributed by atoms with Crippen LogP contribution in [0.5, 0.6) is 0 Å². The number of likely N-dealkylation sites (N-methyl/N-ethyl adjacent to an activating group) is 1. The lowest BCUT2D eigenvalue weighted by molar-refractivity contribution is 0.0700. The summed E-state index contributed by atoms with van der Waals surface area (Å²) in [6.45, 7) is 7.39. The minimum absolute atomic E-state index is 0.0525. The topological polar surface area (TPSA) is 81.2 Å². The van der Waals surface area contributed by atoms with Crippen molar-refractivity contribution >= 4 is 11.7 Å². The number of piperidine rings is 1. The Morgan fingerprint density at radius 2 is 1.90 bits per heavy atom. The van der Waals surface area contributed by atoms with Crippen LogP contribution in [0, 0.1) is 13.8 Å². The van der Waals surface area contributed by atoms with E-state index in [1.54, 1.807) is 0 Å². The number of aromatic amines is 1. The van der Waals surface area contributed by atoms with Gasteiger partial charge in [-0.1, -0.05) is 0 Å². The largest absolute Gasteiger partial charge is 0.355 e. The van der Waals surface area contributed by atoms with Gasteiger partial charge in [-0.2, -0.15) is 5.10 Å². The van der Waals surface area contributed by atoms with E-state index in [4.69, 9.17) is 4.98 Å². The van der Waals surface area contributed by atoms with Crippen LogP contribution in [0.3, 0.4) is 0 Å². The number of aromatic nitrogens is 4. The normalized spacial score (nSPS) is 20.7. The van der Waals surface area contributed by atoms with Gasteiger partial charge in [0.1, 0.15) is 5.82 Å². The Kier molecular flexibility index (Phi) is 5.54. The number of aryl methyl sites for hydroxylation is 1. The molecule has 1 amide bonds. The highest BCUT2D eigenvalue weighted by Gasteiger charge is 2.30. The number of carbonyl (C=O) groups is 1. The quantitative estimate of drug-likeness (QED) is 0.850. The van der Waals surface area contributed by atoms with Gasteiger partial charge in [0.05, 0.1) is 6.20 Å². The summed E-state index contributed by atoms with van der Waals surface area (Å²) in [4.78, 5) is 28.9. The molecule has 2 saturated heterocycles. The molecule has 0 unspecified atom stereocenters. The third-order valence-corrected chi connectivity index (χ3v) is 6.52. The van der Waals surface area contributed by atoms with Gasteiger partial charge in [0, 0.05) is 49.7 Å². The van der Waals surface area contributed by atoms with Gasteiger partial charge in [0.25, 0.3) is 5.91 Å². The van der Waals surface area contributed by atoms with Crippen LogP contribution in [-0.2, 0) is 0 Å². The van der Waals surface area contributed by atoms with Gasteiger partial charge in [-0.3, -0.25) is 9.89 Å². The van der Waals surface area contributed by atoms with Gasteiger partial charge in [0.15, 0.2) is 0 Å². The fourth-order valence-electron chi connectivity index (χ4n) is 4.41. The summed E-state index contributed by atoms with van der Waals surface area (Å²) in [5, 5.41) is 6.93. The first kappa shape index (κ1) is 19.8. The molecule has 0 aromatic carbocycles. The van der Waals surface area contributed by atoms with Crippen LogP contribution in [0.15, 0.2) is 12.4 Å². The number of H-pyrrole nitrogens is 1. The molecule has 2 fully saturated rings. The van der Waals surface area contributed by atoms with Gasteiger partial charge in [-0.15, -0.1) is 0 Å². The van der Waals surface area contributed by atoms with Gasteiger partial charge in [-0.25, -0.2) is 9.97 Å². The summed E-state index contributed by atoms with van der Waals surface area (Å²) >= 11 is 0. The predicted molar refractivity (Wildman–Crippen MR) is 112 cm³/mol. The van der Waals surface area contributed by atoms with Gasteiger partial charge in [0.2, 0.25) is 5.82 Å². The van der Waals surface area contributed by atoms with Crippen LogP contribution in [0.1, 0.15) is 52.6 Å². The third kappa shape index (κ3) is 3.99. The summed E-state index contributed by atoms with van der Waals surface area (Å²) in [7, 11) is 4.24. The standard InChI is InChI=1S/C21H31N7O/c1-14-15(2)24-19(25-20(14)28-10-7-18(13-28)26(3)4)21(29)27-8-5-16(6-9-27)17-11-22-23-12-17/h11-12,16,18H,5-10,13H2,1-4H3,(H,22,23)/t18-/m1/s1. The van der Waals surface area contributed by atoms with E-state index in [-0.39, 0.29) is 5.91 Å². The molecule has 8 heteroatoms. The number of hydrogen-bond acceptors (Lipinski definition) is 6. The lowest BCUT2D eigenvalue weighted by Gasteiger charge is -2.31. The number of nitrogens with one attached hydrogen (secondary N) is 1. The smallest absolute Gasteiger partial charge is 0.291 e. The van der Waals surface area contributed by atoms with Crippen molar-refractivity contribution in [1.82, 2.24) is 30.0 Å². The molecule has 0 radical (unpaired) electrons. The van der Waals surface area contributed by atoms with Crippen LogP contribution < -0.4 is 4.90 Å². The molecule has 0 bridgehead atoms. The molecule has 2 aliphatic rings. The number of amides is 1. The first-order chi connectivity index (χ1) is 13.9. The van der Waals surface area contributed by atoms with Gasteiger partial charge in [-0.05, 0) is 58.7 Å². The van der Waals surface area contributed by atoms with E-state index in [0.717, 1.165) is 62.5 Å². The Morgan fingerprint density at radius 1 is 1.14 bits per heavy atom. The van der Waals surface area contributed by atoms with Gasteiger partial charge < -0.3 is 14.7 Å². The maximum Gasteiger partial charge on any atom is 0.291 e. The SMILES string of the molecule is Cc1nc(C(=O)N2CCC(c3cn[nH]c3)CC2)nc(N2CC[C@@H](N(C)C)C2)c1C. The summed E-state index contributed by atoms with van der Waals surface area (Å²) in [6.07, 6.45) is 6.84. The average molecular weight is 398 g/mol. The third-order valence-electron chi connectivity index (χ3n) is 6.52.